The van der Waals surface area contributed by atoms with E-state index in [9.17, 15) is 14.7 Å². The number of benzene rings is 3. The zero-order chi connectivity index (χ0) is 20.8. The van der Waals surface area contributed by atoms with Gasteiger partial charge in [-0.05, 0) is 73.0 Å². The van der Waals surface area contributed by atoms with Crippen molar-refractivity contribution in [2.24, 2.45) is 0 Å². The van der Waals surface area contributed by atoms with Crippen molar-refractivity contribution < 1.29 is 14.7 Å². The maximum atomic E-state index is 12.9. The van der Waals surface area contributed by atoms with Crippen molar-refractivity contribution in [3.8, 4) is 5.75 Å². The number of anilines is 2. The molecule has 2 amide bonds. The molecule has 0 saturated heterocycles. The lowest BCUT2D eigenvalue weighted by Crippen LogP contribution is -2.25. The van der Waals surface area contributed by atoms with Gasteiger partial charge in [0.25, 0.3) is 11.8 Å². The molecule has 5 heteroatoms. The van der Waals surface area contributed by atoms with Gasteiger partial charge < -0.3 is 15.7 Å². The molecule has 0 saturated carbocycles. The van der Waals surface area contributed by atoms with Gasteiger partial charge in [-0.2, -0.15) is 0 Å². The van der Waals surface area contributed by atoms with E-state index in [0.29, 0.717) is 28.1 Å². The highest BCUT2D eigenvalue weighted by molar-refractivity contribution is 6.28. The average molecular weight is 386 g/mol. The summed E-state index contributed by atoms with van der Waals surface area (Å²) in [6.45, 7) is 3.54. The number of amides is 2. The van der Waals surface area contributed by atoms with E-state index in [1.54, 1.807) is 74.5 Å². The van der Waals surface area contributed by atoms with Crippen molar-refractivity contribution in [2.75, 3.05) is 10.6 Å². The number of rotatable bonds is 5. The molecule has 0 unspecified atom stereocenters. The third-order valence-corrected chi connectivity index (χ3v) is 4.38. The Hall–Kier alpha value is -3.86. The second-order valence-corrected chi connectivity index (χ2v) is 6.70. The Labute approximate surface area is 169 Å². The topological polar surface area (TPSA) is 78.4 Å². The third kappa shape index (κ3) is 5.11. The number of phenolic OH excluding ortho intramolecular Hbond substituents is 1. The highest BCUT2D eigenvalue weighted by Gasteiger charge is 2.19. The molecule has 3 N–H and O–H groups in total. The van der Waals surface area contributed by atoms with Gasteiger partial charge in [0.1, 0.15) is 11.3 Å². The summed E-state index contributed by atoms with van der Waals surface area (Å²) in [6.07, 6.45) is 1.52. The number of phenols is 1. The fourth-order valence-electron chi connectivity index (χ4n) is 2.91. The van der Waals surface area contributed by atoms with E-state index >= 15 is 0 Å². The van der Waals surface area contributed by atoms with Crippen LogP contribution in [0.3, 0.4) is 0 Å². The van der Waals surface area contributed by atoms with Crippen LogP contribution in [0.5, 0.6) is 5.75 Å². The van der Waals surface area contributed by atoms with Crippen molar-refractivity contribution in [1.82, 2.24) is 0 Å². The van der Waals surface area contributed by atoms with E-state index < -0.39 is 11.8 Å². The minimum absolute atomic E-state index is 0.0396. The molecule has 29 heavy (non-hydrogen) atoms. The summed E-state index contributed by atoms with van der Waals surface area (Å²) in [5, 5.41) is 15.5. The minimum Gasteiger partial charge on any atom is -0.507 e. The molecule has 3 aromatic rings. The molecule has 0 atom stereocenters. The molecule has 0 radical (unpaired) electrons. The molecule has 0 spiro atoms. The summed E-state index contributed by atoms with van der Waals surface area (Å²) in [4.78, 5) is 25.8. The van der Waals surface area contributed by atoms with Crippen LogP contribution in [0.1, 0.15) is 16.7 Å². The van der Waals surface area contributed by atoms with E-state index in [4.69, 9.17) is 0 Å². The van der Waals surface area contributed by atoms with E-state index in [2.05, 4.69) is 10.6 Å². The van der Waals surface area contributed by atoms with E-state index in [-0.39, 0.29) is 11.3 Å². The Morgan fingerprint density at radius 1 is 0.759 bits per heavy atom. The number of hydrogen-bond donors (Lipinski definition) is 3. The fourth-order valence-corrected chi connectivity index (χ4v) is 2.91. The van der Waals surface area contributed by atoms with Crippen LogP contribution in [0.25, 0.3) is 6.08 Å². The zero-order valence-electron chi connectivity index (χ0n) is 16.3. The number of hydrogen-bond acceptors (Lipinski definition) is 3. The van der Waals surface area contributed by atoms with E-state index in [1.807, 2.05) is 12.1 Å². The van der Waals surface area contributed by atoms with Crippen LogP contribution in [-0.2, 0) is 9.59 Å². The molecule has 0 fully saturated rings. The summed E-state index contributed by atoms with van der Waals surface area (Å²) >= 11 is 0. The maximum absolute atomic E-state index is 12.9. The lowest BCUT2D eigenvalue weighted by molar-refractivity contribution is -0.118. The molecule has 0 aliphatic heterocycles. The van der Waals surface area contributed by atoms with Crippen LogP contribution < -0.4 is 10.6 Å². The smallest absolute Gasteiger partial charge is 0.261 e. The van der Waals surface area contributed by atoms with Crippen LogP contribution in [0, 0.1) is 13.8 Å². The highest BCUT2D eigenvalue weighted by Crippen LogP contribution is 2.24. The molecule has 0 bridgehead atoms. The molecule has 0 aliphatic rings. The standard InChI is InChI=1S/C24H22N2O3/c1-16-13-18(14-17(2)22(16)27)15-21(23(28)25-19-9-5-3-6-10-19)24(29)26-20-11-7-4-8-12-20/h3-15,27H,1-2H3,(H,25,28)(H,26,29). The second kappa shape index (κ2) is 8.89. The van der Waals surface area contributed by atoms with Crippen molar-refractivity contribution >= 4 is 29.3 Å². The van der Waals surface area contributed by atoms with E-state index in [0.717, 1.165) is 0 Å². The number of para-hydroxylation sites is 2. The van der Waals surface area contributed by atoms with Crippen LogP contribution >= 0.6 is 0 Å². The fraction of sp³-hybridized carbons (Fsp3) is 0.0833. The first kappa shape index (κ1) is 19.9. The molecule has 0 aromatic heterocycles. The second-order valence-electron chi connectivity index (χ2n) is 6.70. The minimum atomic E-state index is -0.520. The van der Waals surface area contributed by atoms with Gasteiger partial charge in [0.15, 0.2) is 0 Å². The van der Waals surface area contributed by atoms with Crippen molar-refractivity contribution in [1.29, 1.82) is 0 Å². The first-order valence-electron chi connectivity index (χ1n) is 9.19. The largest absolute Gasteiger partial charge is 0.507 e. The number of carbonyl (C=O) groups excluding carboxylic acids is 2. The summed E-state index contributed by atoms with van der Waals surface area (Å²) < 4.78 is 0. The molecule has 0 heterocycles. The molecule has 0 aliphatic carbocycles. The summed E-state index contributed by atoms with van der Waals surface area (Å²) in [7, 11) is 0. The molecule has 3 aromatic carbocycles. The summed E-state index contributed by atoms with van der Waals surface area (Å²) in [5.41, 5.74) is 3.13. The van der Waals surface area contributed by atoms with Crippen LogP contribution in [0.2, 0.25) is 0 Å². The van der Waals surface area contributed by atoms with Gasteiger partial charge in [-0.15, -0.1) is 0 Å². The van der Waals surface area contributed by atoms with Gasteiger partial charge in [-0.1, -0.05) is 36.4 Å². The predicted octanol–water partition coefficient (Wildman–Crippen LogP) is 4.67. The molecule has 146 valence electrons. The Morgan fingerprint density at radius 3 is 1.59 bits per heavy atom. The van der Waals surface area contributed by atoms with Crippen molar-refractivity contribution in [2.45, 2.75) is 13.8 Å². The van der Waals surface area contributed by atoms with Crippen LogP contribution in [0.15, 0.2) is 78.4 Å². The van der Waals surface area contributed by atoms with Crippen LogP contribution in [0.4, 0.5) is 11.4 Å². The Balaban J connectivity index is 1.96. The molecule has 3 rings (SSSR count). The normalized spacial score (nSPS) is 10.1. The number of aromatic hydroxyl groups is 1. The molecule has 5 nitrogen and oxygen atoms in total. The number of carbonyl (C=O) groups is 2. The van der Waals surface area contributed by atoms with E-state index in [1.165, 1.54) is 6.08 Å². The van der Waals surface area contributed by atoms with Gasteiger partial charge in [-0.25, -0.2) is 0 Å². The van der Waals surface area contributed by atoms with Gasteiger partial charge in [0.05, 0.1) is 0 Å². The number of aryl methyl sites for hydroxylation is 2. The summed E-state index contributed by atoms with van der Waals surface area (Å²) in [5.74, 6) is -0.841. The van der Waals surface area contributed by atoms with Crippen molar-refractivity contribution in [3.05, 3.63) is 95.1 Å². The predicted molar refractivity (Wildman–Crippen MR) is 116 cm³/mol. The van der Waals surface area contributed by atoms with Gasteiger partial charge in [0, 0.05) is 11.4 Å². The quantitative estimate of drug-likeness (QED) is 0.339. The lowest BCUT2D eigenvalue weighted by atomic mass is 10.0. The van der Waals surface area contributed by atoms with Gasteiger partial charge in [-0.3, -0.25) is 9.59 Å². The first-order chi connectivity index (χ1) is 13.9. The number of nitrogens with one attached hydrogen (secondary N) is 2. The summed E-state index contributed by atoms with van der Waals surface area (Å²) in [6, 6.07) is 21.4. The molecular formula is C24H22N2O3. The lowest BCUT2D eigenvalue weighted by Gasteiger charge is -2.11. The van der Waals surface area contributed by atoms with Crippen LogP contribution in [-0.4, -0.2) is 16.9 Å². The molecular weight excluding hydrogens is 364 g/mol. The van der Waals surface area contributed by atoms with Gasteiger partial charge >= 0.3 is 0 Å². The first-order valence-corrected chi connectivity index (χ1v) is 9.19. The highest BCUT2D eigenvalue weighted by atomic mass is 16.3. The average Bonchev–Trinajstić information content (AvgIpc) is 2.71. The Morgan fingerprint density at radius 2 is 1.17 bits per heavy atom. The zero-order valence-corrected chi connectivity index (χ0v) is 16.3. The Kier molecular flexibility index (Phi) is 6.09. The Bertz CT molecular complexity index is 979. The monoisotopic (exact) mass is 386 g/mol. The maximum Gasteiger partial charge on any atom is 0.261 e. The van der Waals surface area contributed by atoms with Crippen molar-refractivity contribution in [3.63, 3.8) is 0 Å². The third-order valence-electron chi connectivity index (χ3n) is 4.38. The van der Waals surface area contributed by atoms with Gasteiger partial charge in [0.2, 0.25) is 0 Å². The SMILES string of the molecule is Cc1cc(C=C(C(=O)Nc2ccccc2)C(=O)Nc2ccccc2)cc(C)c1O.